The highest BCUT2D eigenvalue weighted by molar-refractivity contribution is 5.50. The number of hydrogen-bond donors (Lipinski definition) is 1. The maximum Gasteiger partial charge on any atom is 0.0354 e. The number of rotatable bonds is 3. The lowest BCUT2D eigenvalue weighted by atomic mass is 9.71. The van der Waals surface area contributed by atoms with E-state index in [0.29, 0.717) is 6.04 Å². The zero-order valence-corrected chi connectivity index (χ0v) is 13.0. The van der Waals surface area contributed by atoms with Gasteiger partial charge in [-0.2, -0.15) is 0 Å². The first-order chi connectivity index (χ1) is 10.4. The number of anilines is 1. The van der Waals surface area contributed by atoms with Gasteiger partial charge in [0.1, 0.15) is 0 Å². The van der Waals surface area contributed by atoms with E-state index in [9.17, 15) is 0 Å². The minimum Gasteiger partial charge on any atom is -0.382 e. The first-order valence-corrected chi connectivity index (χ1v) is 8.70. The van der Waals surface area contributed by atoms with Crippen LogP contribution in [0.1, 0.15) is 63.4 Å². The molecule has 0 bridgehead atoms. The van der Waals surface area contributed by atoms with Gasteiger partial charge in [0.05, 0.1) is 0 Å². The fourth-order valence-corrected chi connectivity index (χ4v) is 4.38. The molecule has 1 nitrogen and oxygen atoms in total. The van der Waals surface area contributed by atoms with E-state index in [-0.39, 0.29) is 0 Å². The van der Waals surface area contributed by atoms with E-state index in [2.05, 4.69) is 29.4 Å². The quantitative estimate of drug-likeness (QED) is 0.749. The Morgan fingerprint density at radius 1 is 0.952 bits per heavy atom. The van der Waals surface area contributed by atoms with Gasteiger partial charge in [-0.25, -0.2) is 0 Å². The second-order valence-electron chi connectivity index (χ2n) is 6.82. The molecule has 0 radical (unpaired) electrons. The predicted octanol–water partition coefficient (Wildman–Crippen LogP) is 5.22. The van der Waals surface area contributed by atoms with Crippen LogP contribution in [0.15, 0.2) is 24.3 Å². The summed E-state index contributed by atoms with van der Waals surface area (Å²) in [4.78, 5) is 0. The monoisotopic (exact) mass is 281 g/mol. The fraction of sp³-hybridized carbons (Fsp3) is 0.600. The van der Waals surface area contributed by atoms with E-state index in [1.807, 2.05) is 6.07 Å². The minimum absolute atomic E-state index is 0.648. The van der Waals surface area contributed by atoms with Crippen molar-refractivity contribution < 1.29 is 0 Å². The van der Waals surface area contributed by atoms with Gasteiger partial charge in [-0.3, -0.25) is 0 Å². The molecule has 1 N–H and O–H groups in total. The molecule has 0 saturated heterocycles. The highest BCUT2D eigenvalue weighted by Crippen LogP contribution is 2.39. The Hall–Kier alpha value is -1.42. The van der Waals surface area contributed by atoms with Crippen molar-refractivity contribution in [2.75, 3.05) is 5.32 Å². The molecule has 1 aromatic carbocycles. The molecule has 2 saturated carbocycles. The first-order valence-electron chi connectivity index (χ1n) is 8.70. The molecule has 3 rings (SSSR count). The van der Waals surface area contributed by atoms with Crippen molar-refractivity contribution in [2.45, 2.75) is 63.8 Å². The molecule has 1 aromatic rings. The minimum atomic E-state index is 0.648. The van der Waals surface area contributed by atoms with Crippen molar-refractivity contribution in [3.05, 3.63) is 29.8 Å². The molecule has 0 amide bonds. The normalized spacial score (nSPS) is 27.0. The Kier molecular flexibility index (Phi) is 4.86. The van der Waals surface area contributed by atoms with Crippen molar-refractivity contribution in [3.8, 4) is 12.3 Å². The zero-order valence-electron chi connectivity index (χ0n) is 13.0. The van der Waals surface area contributed by atoms with Gasteiger partial charge < -0.3 is 5.32 Å². The van der Waals surface area contributed by atoms with Crippen LogP contribution in [-0.2, 0) is 0 Å². The Balaban J connectivity index is 1.70. The smallest absolute Gasteiger partial charge is 0.0354 e. The molecule has 2 unspecified atom stereocenters. The van der Waals surface area contributed by atoms with Crippen molar-refractivity contribution in [1.82, 2.24) is 0 Å². The van der Waals surface area contributed by atoms with E-state index < -0.39 is 0 Å². The van der Waals surface area contributed by atoms with Crippen molar-refractivity contribution in [1.29, 1.82) is 0 Å². The van der Waals surface area contributed by atoms with Crippen LogP contribution in [0, 0.1) is 24.2 Å². The second kappa shape index (κ2) is 7.03. The molecular formula is C20H27N. The Bertz CT molecular complexity index is 493. The number of benzene rings is 1. The van der Waals surface area contributed by atoms with Crippen molar-refractivity contribution >= 4 is 5.69 Å². The van der Waals surface area contributed by atoms with Gasteiger partial charge in [0.25, 0.3) is 0 Å². The van der Waals surface area contributed by atoms with Gasteiger partial charge in [0.15, 0.2) is 0 Å². The molecular weight excluding hydrogens is 254 g/mol. The van der Waals surface area contributed by atoms with Gasteiger partial charge >= 0.3 is 0 Å². The SMILES string of the molecule is C#Cc1cccc(NC2CCCCC2C2CCCCC2)c1. The van der Waals surface area contributed by atoms with Crippen LogP contribution in [0.3, 0.4) is 0 Å². The Morgan fingerprint density at radius 2 is 1.71 bits per heavy atom. The Labute approximate surface area is 129 Å². The van der Waals surface area contributed by atoms with Crippen LogP contribution in [-0.4, -0.2) is 6.04 Å². The van der Waals surface area contributed by atoms with Gasteiger partial charge in [-0.05, 0) is 42.9 Å². The van der Waals surface area contributed by atoms with Crippen LogP contribution < -0.4 is 5.32 Å². The molecule has 2 atom stereocenters. The van der Waals surface area contributed by atoms with Gasteiger partial charge in [0, 0.05) is 17.3 Å². The first kappa shape index (κ1) is 14.5. The molecule has 0 spiro atoms. The van der Waals surface area contributed by atoms with Crippen molar-refractivity contribution in [2.24, 2.45) is 11.8 Å². The molecule has 21 heavy (non-hydrogen) atoms. The summed E-state index contributed by atoms with van der Waals surface area (Å²) in [7, 11) is 0. The maximum atomic E-state index is 5.52. The van der Waals surface area contributed by atoms with Gasteiger partial charge in [-0.15, -0.1) is 6.42 Å². The summed E-state index contributed by atoms with van der Waals surface area (Å²) >= 11 is 0. The van der Waals surface area contributed by atoms with Gasteiger partial charge in [-0.1, -0.05) is 56.9 Å². The lowest BCUT2D eigenvalue weighted by Gasteiger charge is -2.39. The van der Waals surface area contributed by atoms with E-state index >= 15 is 0 Å². The lowest BCUT2D eigenvalue weighted by molar-refractivity contribution is 0.180. The highest BCUT2D eigenvalue weighted by atomic mass is 14.9. The van der Waals surface area contributed by atoms with E-state index in [1.165, 1.54) is 63.5 Å². The topological polar surface area (TPSA) is 12.0 Å². The summed E-state index contributed by atoms with van der Waals surface area (Å²) in [6.45, 7) is 0. The largest absolute Gasteiger partial charge is 0.382 e. The van der Waals surface area contributed by atoms with Gasteiger partial charge in [0.2, 0.25) is 0 Å². The highest BCUT2D eigenvalue weighted by Gasteiger charge is 2.32. The summed E-state index contributed by atoms with van der Waals surface area (Å²) in [5.41, 5.74) is 2.18. The van der Waals surface area contributed by atoms with E-state index in [0.717, 1.165) is 17.4 Å². The third-order valence-electron chi connectivity index (χ3n) is 5.46. The van der Waals surface area contributed by atoms with Crippen LogP contribution in [0.5, 0.6) is 0 Å². The molecule has 112 valence electrons. The standard InChI is InChI=1S/C20H27N/c1-2-16-9-8-12-18(15-16)21-20-14-7-6-13-19(20)17-10-4-3-5-11-17/h1,8-9,12,15,17,19-21H,3-7,10-11,13-14H2. The lowest BCUT2D eigenvalue weighted by Crippen LogP contribution is -2.37. The summed E-state index contributed by atoms with van der Waals surface area (Å²) in [5.74, 6) is 4.56. The molecule has 0 aromatic heterocycles. The number of hydrogen-bond acceptors (Lipinski definition) is 1. The van der Waals surface area contributed by atoms with E-state index in [1.54, 1.807) is 0 Å². The summed E-state index contributed by atoms with van der Waals surface area (Å²) in [6.07, 6.45) is 18.3. The average Bonchev–Trinajstić information content (AvgIpc) is 2.56. The predicted molar refractivity (Wildman–Crippen MR) is 90.3 cm³/mol. The molecule has 2 aliphatic carbocycles. The molecule has 2 aliphatic rings. The van der Waals surface area contributed by atoms with E-state index in [4.69, 9.17) is 6.42 Å². The van der Waals surface area contributed by atoms with Crippen LogP contribution in [0.25, 0.3) is 0 Å². The van der Waals surface area contributed by atoms with Crippen LogP contribution >= 0.6 is 0 Å². The summed E-state index contributed by atoms with van der Waals surface area (Å²) in [6, 6.07) is 9.00. The number of terminal acetylenes is 1. The maximum absolute atomic E-state index is 5.52. The molecule has 1 heteroatoms. The van der Waals surface area contributed by atoms with Crippen LogP contribution in [0.4, 0.5) is 5.69 Å². The zero-order chi connectivity index (χ0) is 14.5. The molecule has 2 fully saturated rings. The number of nitrogens with one attached hydrogen (secondary N) is 1. The third-order valence-corrected chi connectivity index (χ3v) is 5.46. The summed E-state index contributed by atoms with van der Waals surface area (Å²) < 4.78 is 0. The molecule has 0 aliphatic heterocycles. The molecule has 0 heterocycles. The average molecular weight is 281 g/mol. The van der Waals surface area contributed by atoms with Crippen LogP contribution in [0.2, 0.25) is 0 Å². The van der Waals surface area contributed by atoms with Crippen molar-refractivity contribution in [3.63, 3.8) is 0 Å². The third kappa shape index (κ3) is 3.62. The Morgan fingerprint density at radius 3 is 2.52 bits per heavy atom. The fourth-order valence-electron chi connectivity index (χ4n) is 4.38. The summed E-state index contributed by atoms with van der Waals surface area (Å²) in [5, 5.41) is 3.81. The second-order valence-corrected chi connectivity index (χ2v) is 6.82.